The summed E-state index contributed by atoms with van der Waals surface area (Å²) in [5.41, 5.74) is 4.04. The van der Waals surface area contributed by atoms with Gasteiger partial charge in [0.05, 0.1) is 11.9 Å². The summed E-state index contributed by atoms with van der Waals surface area (Å²) in [5, 5.41) is 16.4. The highest BCUT2D eigenvalue weighted by Gasteiger charge is 2.10. The van der Waals surface area contributed by atoms with E-state index in [4.69, 9.17) is 0 Å². The Balaban J connectivity index is 1.41. The maximum atomic E-state index is 13.2. The number of carbonyl (C=O) groups excluding carboxylic acids is 1. The van der Waals surface area contributed by atoms with Crippen molar-refractivity contribution in [3.8, 4) is 11.3 Å². The zero-order valence-corrected chi connectivity index (χ0v) is 17.4. The number of aromatic nitrogens is 4. The Labute approximate surface area is 184 Å². The summed E-state index contributed by atoms with van der Waals surface area (Å²) in [5.74, 6) is 0.0176. The molecule has 8 heteroatoms. The SMILES string of the molecule is Cn1ncc(C=CC(=O)Nc2ccc(Cn3ccnc3CO)cc2)c1-c1ccc(F)cc1. The van der Waals surface area contributed by atoms with Gasteiger partial charge < -0.3 is 15.0 Å². The first kappa shape index (κ1) is 21.2. The first-order valence-electron chi connectivity index (χ1n) is 10.0. The Morgan fingerprint density at radius 3 is 2.62 bits per heavy atom. The molecule has 1 amide bonds. The van der Waals surface area contributed by atoms with E-state index in [0.29, 0.717) is 18.1 Å². The van der Waals surface area contributed by atoms with Crippen LogP contribution in [-0.2, 0) is 25.0 Å². The highest BCUT2D eigenvalue weighted by atomic mass is 19.1. The first-order chi connectivity index (χ1) is 15.5. The Morgan fingerprint density at radius 2 is 1.91 bits per heavy atom. The summed E-state index contributed by atoms with van der Waals surface area (Å²) in [4.78, 5) is 16.5. The number of nitrogens with one attached hydrogen (secondary N) is 1. The number of anilines is 1. The van der Waals surface area contributed by atoms with Crippen LogP contribution in [0.25, 0.3) is 17.3 Å². The molecule has 0 saturated carbocycles. The van der Waals surface area contributed by atoms with E-state index in [-0.39, 0.29) is 18.3 Å². The molecule has 0 aliphatic rings. The third-order valence-electron chi connectivity index (χ3n) is 5.02. The van der Waals surface area contributed by atoms with E-state index in [2.05, 4.69) is 15.4 Å². The maximum Gasteiger partial charge on any atom is 0.248 e. The lowest BCUT2D eigenvalue weighted by Crippen LogP contribution is -2.08. The smallest absolute Gasteiger partial charge is 0.248 e. The molecule has 2 heterocycles. The van der Waals surface area contributed by atoms with E-state index in [9.17, 15) is 14.3 Å². The molecular weight excluding hydrogens is 409 g/mol. The van der Waals surface area contributed by atoms with Crippen molar-refractivity contribution in [3.63, 3.8) is 0 Å². The van der Waals surface area contributed by atoms with E-state index in [1.165, 1.54) is 18.2 Å². The average molecular weight is 431 g/mol. The minimum atomic E-state index is -0.308. The second-order valence-corrected chi connectivity index (χ2v) is 7.23. The minimum absolute atomic E-state index is 0.118. The molecule has 0 unspecified atom stereocenters. The standard InChI is InChI=1S/C24H22FN5O2/c1-29-24(18-4-7-20(25)8-5-18)19(14-27-29)6-11-23(32)28-21-9-2-17(3-10-21)15-30-13-12-26-22(30)16-31/h2-14,31H,15-16H2,1H3,(H,28,32). The predicted octanol–water partition coefficient (Wildman–Crippen LogP) is 3.62. The summed E-state index contributed by atoms with van der Waals surface area (Å²) in [6.07, 6.45) is 8.25. The molecule has 7 nitrogen and oxygen atoms in total. The highest BCUT2D eigenvalue weighted by Crippen LogP contribution is 2.24. The molecule has 0 radical (unpaired) electrons. The Hall–Kier alpha value is -4.04. The summed E-state index contributed by atoms with van der Waals surface area (Å²) in [7, 11) is 1.80. The summed E-state index contributed by atoms with van der Waals surface area (Å²) in [6, 6.07) is 13.6. The fraction of sp³-hybridized carbons (Fsp3) is 0.125. The molecular formula is C24H22FN5O2. The van der Waals surface area contributed by atoms with Gasteiger partial charge in [0.1, 0.15) is 18.2 Å². The number of rotatable bonds is 7. The number of aliphatic hydroxyl groups is 1. The fourth-order valence-corrected chi connectivity index (χ4v) is 3.41. The van der Waals surface area contributed by atoms with Gasteiger partial charge in [-0.1, -0.05) is 12.1 Å². The van der Waals surface area contributed by atoms with Crippen LogP contribution in [0.2, 0.25) is 0 Å². The normalized spacial score (nSPS) is 11.2. The van der Waals surface area contributed by atoms with Gasteiger partial charge in [0.15, 0.2) is 0 Å². The van der Waals surface area contributed by atoms with Crippen molar-refractivity contribution in [2.45, 2.75) is 13.2 Å². The van der Waals surface area contributed by atoms with Gasteiger partial charge in [0.25, 0.3) is 0 Å². The van der Waals surface area contributed by atoms with Gasteiger partial charge in [-0.05, 0) is 48.0 Å². The molecule has 32 heavy (non-hydrogen) atoms. The van der Waals surface area contributed by atoms with Gasteiger partial charge in [-0.25, -0.2) is 9.37 Å². The first-order valence-corrected chi connectivity index (χ1v) is 10.0. The quantitative estimate of drug-likeness (QED) is 0.438. The topological polar surface area (TPSA) is 85.0 Å². The molecule has 0 saturated heterocycles. The van der Waals surface area contributed by atoms with Gasteiger partial charge in [0.2, 0.25) is 5.91 Å². The number of halogens is 1. The second-order valence-electron chi connectivity index (χ2n) is 7.23. The zero-order valence-electron chi connectivity index (χ0n) is 17.4. The van der Waals surface area contributed by atoms with Crippen molar-refractivity contribution in [1.82, 2.24) is 19.3 Å². The van der Waals surface area contributed by atoms with Crippen LogP contribution in [0.3, 0.4) is 0 Å². The molecule has 2 aromatic heterocycles. The largest absolute Gasteiger partial charge is 0.388 e. The lowest BCUT2D eigenvalue weighted by Gasteiger charge is -2.08. The summed E-state index contributed by atoms with van der Waals surface area (Å²) < 4.78 is 16.8. The van der Waals surface area contributed by atoms with Gasteiger partial charge in [0, 0.05) is 48.9 Å². The van der Waals surface area contributed by atoms with E-state index >= 15 is 0 Å². The number of benzene rings is 2. The molecule has 2 N–H and O–H groups in total. The van der Waals surface area contributed by atoms with E-state index in [1.807, 2.05) is 35.0 Å². The van der Waals surface area contributed by atoms with Crippen LogP contribution in [0.15, 0.2) is 73.2 Å². The van der Waals surface area contributed by atoms with Crippen molar-refractivity contribution >= 4 is 17.7 Å². The number of hydrogen-bond acceptors (Lipinski definition) is 4. The van der Waals surface area contributed by atoms with Crippen LogP contribution in [0, 0.1) is 5.82 Å². The van der Waals surface area contributed by atoms with Gasteiger partial charge >= 0.3 is 0 Å². The van der Waals surface area contributed by atoms with E-state index < -0.39 is 0 Å². The number of carbonyl (C=O) groups is 1. The fourth-order valence-electron chi connectivity index (χ4n) is 3.41. The Morgan fingerprint density at radius 1 is 1.16 bits per heavy atom. The second kappa shape index (κ2) is 9.40. The minimum Gasteiger partial charge on any atom is -0.388 e. The van der Waals surface area contributed by atoms with E-state index in [1.54, 1.807) is 42.3 Å². The molecule has 0 bridgehead atoms. The van der Waals surface area contributed by atoms with Crippen LogP contribution in [0.4, 0.5) is 10.1 Å². The molecule has 4 rings (SSSR count). The zero-order chi connectivity index (χ0) is 22.5. The summed E-state index contributed by atoms with van der Waals surface area (Å²) >= 11 is 0. The Bertz CT molecular complexity index is 1240. The number of imidazole rings is 1. The average Bonchev–Trinajstić information content (AvgIpc) is 3.40. The van der Waals surface area contributed by atoms with Crippen molar-refractivity contribution < 1.29 is 14.3 Å². The summed E-state index contributed by atoms with van der Waals surface area (Å²) in [6.45, 7) is 0.463. The van der Waals surface area contributed by atoms with Gasteiger partial charge in [-0.15, -0.1) is 0 Å². The number of hydrogen-bond donors (Lipinski definition) is 2. The molecule has 0 fully saturated rings. The third kappa shape index (κ3) is 4.81. The van der Waals surface area contributed by atoms with Crippen LogP contribution >= 0.6 is 0 Å². The van der Waals surface area contributed by atoms with Crippen LogP contribution in [0.1, 0.15) is 17.0 Å². The lowest BCUT2D eigenvalue weighted by molar-refractivity contribution is -0.111. The van der Waals surface area contributed by atoms with Crippen molar-refractivity contribution in [3.05, 3.63) is 96.0 Å². The molecule has 0 aliphatic carbocycles. The molecule has 162 valence electrons. The number of aryl methyl sites for hydroxylation is 1. The number of aliphatic hydroxyl groups excluding tert-OH is 1. The third-order valence-corrected chi connectivity index (χ3v) is 5.02. The van der Waals surface area contributed by atoms with Crippen LogP contribution < -0.4 is 5.32 Å². The Kier molecular flexibility index (Phi) is 6.23. The number of nitrogens with zero attached hydrogens (tertiary/aromatic N) is 4. The van der Waals surface area contributed by atoms with Crippen molar-refractivity contribution in [2.24, 2.45) is 7.05 Å². The maximum absolute atomic E-state index is 13.2. The molecule has 0 spiro atoms. The monoisotopic (exact) mass is 431 g/mol. The molecule has 0 atom stereocenters. The van der Waals surface area contributed by atoms with Gasteiger partial charge in [-0.2, -0.15) is 5.10 Å². The van der Waals surface area contributed by atoms with Crippen LogP contribution in [-0.4, -0.2) is 30.3 Å². The lowest BCUT2D eigenvalue weighted by atomic mass is 10.1. The van der Waals surface area contributed by atoms with Crippen molar-refractivity contribution in [1.29, 1.82) is 0 Å². The molecule has 4 aromatic rings. The van der Waals surface area contributed by atoms with Gasteiger partial charge in [-0.3, -0.25) is 9.48 Å². The molecule has 2 aromatic carbocycles. The highest BCUT2D eigenvalue weighted by molar-refractivity contribution is 6.02. The van der Waals surface area contributed by atoms with Crippen molar-refractivity contribution in [2.75, 3.05) is 5.32 Å². The molecule has 0 aliphatic heterocycles. The van der Waals surface area contributed by atoms with Crippen LogP contribution in [0.5, 0.6) is 0 Å². The number of amides is 1. The predicted molar refractivity (Wildman–Crippen MR) is 120 cm³/mol. The van der Waals surface area contributed by atoms with E-state index in [0.717, 1.165) is 22.4 Å².